The molecule has 4 aromatic rings. The van der Waals surface area contributed by atoms with Crippen molar-refractivity contribution in [2.45, 2.75) is 37.5 Å². The number of pyridine rings is 1. The number of rotatable bonds is 0. The third-order valence-electron chi connectivity index (χ3n) is 8.69. The molecule has 1 spiro atoms. The van der Waals surface area contributed by atoms with Gasteiger partial charge in [0, 0.05) is 28.3 Å². The molecule has 3 saturated carbocycles. The van der Waals surface area contributed by atoms with Crippen molar-refractivity contribution < 1.29 is 0 Å². The van der Waals surface area contributed by atoms with E-state index in [1.165, 1.54) is 58.7 Å². The Bertz CT molecular complexity index is 1280. The van der Waals surface area contributed by atoms with Crippen LogP contribution in [0, 0.1) is 17.3 Å². The number of benzene rings is 2. The number of nitrogens with zero attached hydrogens (tertiary/aromatic N) is 2. The minimum atomic E-state index is 0.668. The van der Waals surface area contributed by atoms with Crippen molar-refractivity contribution in [3.05, 3.63) is 59.9 Å². The first-order valence-corrected chi connectivity index (χ1v) is 10.2. The number of hydrogen-bond donors (Lipinski definition) is 0. The van der Waals surface area contributed by atoms with Crippen LogP contribution in [0.4, 0.5) is 0 Å². The Balaban J connectivity index is 1.60. The van der Waals surface area contributed by atoms with Crippen LogP contribution in [0.2, 0.25) is 0 Å². The monoisotopic (exact) mass is 336 g/mol. The van der Waals surface area contributed by atoms with Crippen LogP contribution < -0.4 is 0 Å². The summed E-state index contributed by atoms with van der Waals surface area (Å²) in [4.78, 5) is 5.37. The van der Waals surface area contributed by atoms with Gasteiger partial charge in [-0.2, -0.15) is 0 Å². The van der Waals surface area contributed by atoms with E-state index in [0.717, 1.165) is 23.7 Å². The summed E-state index contributed by atoms with van der Waals surface area (Å²) in [6, 6.07) is 17.8. The van der Waals surface area contributed by atoms with Gasteiger partial charge in [0.25, 0.3) is 0 Å². The molecule has 2 heterocycles. The van der Waals surface area contributed by atoms with Crippen LogP contribution in [0.25, 0.3) is 27.3 Å². The molecule has 2 aromatic heterocycles. The lowest BCUT2D eigenvalue weighted by atomic mass is 9.37. The number of para-hydroxylation sites is 1. The van der Waals surface area contributed by atoms with Crippen LogP contribution in [0.3, 0.4) is 0 Å². The fraction of sp³-hybridized carbons (Fsp3) is 0.375. The zero-order valence-corrected chi connectivity index (χ0v) is 14.7. The Kier molecular flexibility index (Phi) is 1.90. The summed E-state index contributed by atoms with van der Waals surface area (Å²) < 4.78 is 2.56. The predicted molar refractivity (Wildman–Crippen MR) is 104 cm³/mol. The zero-order chi connectivity index (χ0) is 16.6. The van der Waals surface area contributed by atoms with E-state index in [0.29, 0.717) is 5.41 Å². The van der Waals surface area contributed by atoms with Crippen molar-refractivity contribution in [1.29, 1.82) is 0 Å². The molecule has 5 atom stereocenters. The molecule has 2 nitrogen and oxygen atoms in total. The van der Waals surface area contributed by atoms with Gasteiger partial charge in [-0.3, -0.25) is 4.40 Å². The minimum absolute atomic E-state index is 0.668. The van der Waals surface area contributed by atoms with E-state index in [4.69, 9.17) is 4.98 Å². The van der Waals surface area contributed by atoms with Gasteiger partial charge in [0.1, 0.15) is 5.65 Å². The van der Waals surface area contributed by atoms with E-state index in [-0.39, 0.29) is 0 Å². The van der Waals surface area contributed by atoms with E-state index in [1.54, 1.807) is 5.69 Å². The second-order valence-electron chi connectivity index (χ2n) is 9.27. The topological polar surface area (TPSA) is 17.3 Å². The molecule has 0 N–H and O–H groups in total. The molecule has 8 rings (SSSR count). The molecule has 3 fully saturated rings. The standard InChI is InChI=1S/C24H20N2/c1-2-7-18-16(5-1)17-6-3-4-8-20(17)26-22-13-9-14-10-15-11-19(24(14,15)12-13)21(22)25-23(18)26/h1-8,13-15,19H,9-12H2. The molecule has 0 saturated heterocycles. The highest BCUT2D eigenvalue weighted by Gasteiger charge is 2.73. The van der Waals surface area contributed by atoms with Crippen LogP contribution in [0.15, 0.2) is 48.5 Å². The van der Waals surface area contributed by atoms with Crippen LogP contribution in [-0.2, 0) is 0 Å². The molecule has 2 heteroatoms. The number of fused-ring (bicyclic) bond motifs is 11. The van der Waals surface area contributed by atoms with Gasteiger partial charge in [-0.25, -0.2) is 4.98 Å². The lowest BCUT2D eigenvalue weighted by molar-refractivity contribution is -0.147. The summed E-state index contributed by atoms with van der Waals surface area (Å²) in [5.74, 6) is 3.50. The highest BCUT2D eigenvalue weighted by molar-refractivity contribution is 6.11. The predicted octanol–water partition coefficient (Wildman–Crippen LogP) is 5.64. The van der Waals surface area contributed by atoms with E-state index >= 15 is 0 Å². The van der Waals surface area contributed by atoms with Gasteiger partial charge in [-0.05, 0) is 54.4 Å². The third-order valence-corrected chi connectivity index (χ3v) is 8.69. The van der Waals surface area contributed by atoms with Gasteiger partial charge in [-0.1, -0.05) is 42.5 Å². The minimum Gasteiger partial charge on any atom is -0.296 e. The largest absolute Gasteiger partial charge is 0.296 e. The number of imidazole rings is 1. The van der Waals surface area contributed by atoms with E-state index in [2.05, 4.69) is 52.9 Å². The first kappa shape index (κ1) is 12.9. The average Bonchev–Trinajstić information content (AvgIpc) is 3.24. The maximum atomic E-state index is 5.37. The Hall–Kier alpha value is -2.35. The van der Waals surface area contributed by atoms with Crippen molar-refractivity contribution in [1.82, 2.24) is 9.38 Å². The molecule has 5 unspecified atom stereocenters. The van der Waals surface area contributed by atoms with Gasteiger partial charge >= 0.3 is 0 Å². The van der Waals surface area contributed by atoms with Gasteiger partial charge in [0.15, 0.2) is 0 Å². The summed E-state index contributed by atoms with van der Waals surface area (Å²) in [6.45, 7) is 0. The van der Waals surface area contributed by atoms with Crippen molar-refractivity contribution >= 4 is 27.3 Å². The van der Waals surface area contributed by atoms with Crippen molar-refractivity contribution in [3.8, 4) is 0 Å². The molecule has 4 aliphatic rings. The Morgan fingerprint density at radius 3 is 2.50 bits per heavy atom. The van der Waals surface area contributed by atoms with E-state index < -0.39 is 0 Å². The van der Waals surface area contributed by atoms with Gasteiger partial charge in [0.2, 0.25) is 0 Å². The Morgan fingerprint density at radius 1 is 0.846 bits per heavy atom. The molecule has 2 aromatic carbocycles. The zero-order valence-electron chi connectivity index (χ0n) is 14.7. The summed E-state index contributed by atoms with van der Waals surface area (Å²) in [6.07, 6.45) is 5.75. The van der Waals surface area contributed by atoms with Crippen LogP contribution in [0.5, 0.6) is 0 Å². The van der Waals surface area contributed by atoms with E-state index in [1.807, 2.05) is 0 Å². The fourth-order valence-corrected chi connectivity index (χ4v) is 7.73. The molecule has 26 heavy (non-hydrogen) atoms. The first-order valence-electron chi connectivity index (χ1n) is 10.2. The second-order valence-corrected chi connectivity index (χ2v) is 9.27. The molecular formula is C24H20N2. The molecule has 126 valence electrons. The molecular weight excluding hydrogens is 316 g/mol. The SMILES string of the molecule is c1ccc2c(c1)c1ccccc1n1c3c(nc21)C1CC2CC4CC3CC421. The molecule has 4 aliphatic carbocycles. The Labute approximate surface area is 151 Å². The molecule has 0 amide bonds. The van der Waals surface area contributed by atoms with E-state index in [9.17, 15) is 0 Å². The lowest BCUT2D eigenvalue weighted by Gasteiger charge is -2.67. The molecule has 0 aliphatic heterocycles. The van der Waals surface area contributed by atoms with Crippen LogP contribution in [0.1, 0.15) is 48.9 Å². The molecule has 0 radical (unpaired) electrons. The average molecular weight is 336 g/mol. The van der Waals surface area contributed by atoms with Gasteiger partial charge in [0.05, 0.1) is 11.2 Å². The summed E-state index contributed by atoms with van der Waals surface area (Å²) >= 11 is 0. The number of aromatic nitrogens is 2. The Morgan fingerprint density at radius 2 is 1.62 bits per heavy atom. The lowest BCUT2D eigenvalue weighted by Crippen LogP contribution is -2.59. The fourth-order valence-electron chi connectivity index (χ4n) is 7.73. The maximum absolute atomic E-state index is 5.37. The van der Waals surface area contributed by atoms with Gasteiger partial charge < -0.3 is 0 Å². The van der Waals surface area contributed by atoms with Crippen molar-refractivity contribution in [2.75, 3.05) is 0 Å². The van der Waals surface area contributed by atoms with Crippen molar-refractivity contribution in [3.63, 3.8) is 0 Å². The molecule has 2 bridgehead atoms. The van der Waals surface area contributed by atoms with Gasteiger partial charge in [-0.15, -0.1) is 0 Å². The smallest absolute Gasteiger partial charge is 0.145 e. The normalized spacial score (nSPS) is 36.0. The highest BCUT2D eigenvalue weighted by Crippen LogP contribution is 2.81. The van der Waals surface area contributed by atoms with Crippen LogP contribution in [-0.4, -0.2) is 9.38 Å². The maximum Gasteiger partial charge on any atom is 0.145 e. The summed E-state index contributed by atoms with van der Waals surface area (Å²) in [5, 5.41) is 4.02. The van der Waals surface area contributed by atoms with Crippen molar-refractivity contribution in [2.24, 2.45) is 17.3 Å². The highest BCUT2D eigenvalue weighted by atomic mass is 15.1. The second kappa shape index (κ2) is 3.83. The van der Waals surface area contributed by atoms with Crippen LogP contribution >= 0.6 is 0 Å². The third kappa shape index (κ3) is 1.12. The quantitative estimate of drug-likeness (QED) is 0.380. The first-order chi connectivity index (χ1) is 12.9. The number of hydrogen-bond acceptors (Lipinski definition) is 1. The summed E-state index contributed by atoms with van der Waals surface area (Å²) in [7, 11) is 0. The summed E-state index contributed by atoms with van der Waals surface area (Å²) in [5.41, 5.74) is 6.27.